The van der Waals surface area contributed by atoms with Crippen LogP contribution in [0.5, 0.6) is 5.75 Å². The first-order valence-electron chi connectivity index (χ1n) is 5.25. The van der Waals surface area contributed by atoms with Crippen LogP contribution in [0.1, 0.15) is 13.3 Å². The third-order valence-corrected chi connectivity index (χ3v) is 2.01. The van der Waals surface area contributed by atoms with Crippen LogP contribution in [-0.2, 0) is 9.59 Å². The summed E-state index contributed by atoms with van der Waals surface area (Å²) in [5, 5.41) is 4.51. The maximum Gasteiger partial charge on any atom is 0.325 e. The fraction of sp³-hybridized carbons (Fsp3) is 0.250. The van der Waals surface area contributed by atoms with Crippen LogP contribution in [0.15, 0.2) is 24.3 Å². The maximum atomic E-state index is 11.4. The highest BCUT2D eigenvalue weighted by Crippen LogP contribution is 2.14. The minimum absolute atomic E-state index is 0.301. The van der Waals surface area contributed by atoms with Crippen molar-refractivity contribution in [2.24, 2.45) is 0 Å². The van der Waals surface area contributed by atoms with Gasteiger partial charge in [-0.2, -0.15) is 0 Å². The van der Waals surface area contributed by atoms with Gasteiger partial charge in [0.1, 0.15) is 11.5 Å². The summed E-state index contributed by atoms with van der Waals surface area (Å²) in [7, 11) is 1.54. The lowest BCUT2D eigenvalue weighted by molar-refractivity contribution is -0.126. The normalized spacial score (nSPS) is 9.44. The van der Waals surface area contributed by atoms with Crippen LogP contribution in [0, 0.1) is 0 Å². The molecule has 0 atom stereocenters. The molecular formula is C12H14N2O4. The van der Waals surface area contributed by atoms with Gasteiger partial charge in [-0.05, 0) is 31.2 Å². The van der Waals surface area contributed by atoms with E-state index in [2.05, 4.69) is 5.32 Å². The van der Waals surface area contributed by atoms with E-state index in [1.165, 1.54) is 14.0 Å². The summed E-state index contributed by atoms with van der Waals surface area (Å²) in [6.45, 7) is 1.28. The van der Waals surface area contributed by atoms with Gasteiger partial charge >= 0.3 is 6.03 Å². The summed E-state index contributed by atoms with van der Waals surface area (Å²) in [4.78, 5) is 33.2. The maximum absolute atomic E-state index is 11.4. The molecule has 6 heteroatoms. The predicted octanol–water partition coefficient (Wildman–Crippen LogP) is 1.32. The van der Waals surface area contributed by atoms with E-state index in [1.54, 1.807) is 24.3 Å². The Morgan fingerprint density at radius 3 is 2.28 bits per heavy atom. The molecule has 1 aromatic rings. The molecule has 1 rings (SSSR count). The van der Waals surface area contributed by atoms with E-state index < -0.39 is 11.9 Å². The van der Waals surface area contributed by atoms with E-state index in [4.69, 9.17) is 4.74 Å². The molecule has 0 bridgehead atoms. The molecule has 0 aromatic heterocycles. The van der Waals surface area contributed by atoms with Crippen molar-refractivity contribution in [2.45, 2.75) is 13.3 Å². The number of ketones is 1. The van der Waals surface area contributed by atoms with Crippen molar-refractivity contribution in [1.29, 1.82) is 0 Å². The van der Waals surface area contributed by atoms with E-state index >= 15 is 0 Å². The molecule has 18 heavy (non-hydrogen) atoms. The zero-order valence-electron chi connectivity index (χ0n) is 10.1. The Morgan fingerprint density at radius 1 is 1.17 bits per heavy atom. The van der Waals surface area contributed by atoms with Crippen molar-refractivity contribution < 1.29 is 19.1 Å². The van der Waals surface area contributed by atoms with E-state index in [1.807, 2.05) is 5.32 Å². The smallest absolute Gasteiger partial charge is 0.325 e. The number of benzene rings is 1. The number of Topliss-reactive ketones (excluding diaryl/α,β-unsaturated/α-hetero) is 1. The Bertz CT molecular complexity index is 454. The first-order chi connectivity index (χ1) is 8.51. The molecule has 0 aliphatic heterocycles. The van der Waals surface area contributed by atoms with Crippen LogP contribution in [0.4, 0.5) is 10.5 Å². The Hall–Kier alpha value is -2.37. The lowest BCUT2D eigenvalue weighted by Crippen LogP contribution is -2.35. The van der Waals surface area contributed by atoms with Crippen molar-refractivity contribution in [3.8, 4) is 5.75 Å². The minimum Gasteiger partial charge on any atom is -0.497 e. The molecule has 0 unspecified atom stereocenters. The van der Waals surface area contributed by atoms with Gasteiger partial charge < -0.3 is 10.1 Å². The zero-order valence-corrected chi connectivity index (χ0v) is 10.1. The topological polar surface area (TPSA) is 84.5 Å². The second-order valence-electron chi connectivity index (χ2n) is 3.61. The van der Waals surface area contributed by atoms with Crippen molar-refractivity contribution in [3.63, 3.8) is 0 Å². The number of carbonyl (C=O) groups is 3. The fourth-order valence-corrected chi connectivity index (χ4v) is 1.23. The Balaban J connectivity index is 2.48. The number of nitrogens with one attached hydrogen (secondary N) is 2. The Morgan fingerprint density at radius 2 is 1.78 bits per heavy atom. The molecule has 0 spiro atoms. The quantitative estimate of drug-likeness (QED) is 0.789. The molecule has 0 saturated heterocycles. The number of ether oxygens (including phenoxy) is 1. The van der Waals surface area contributed by atoms with Crippen molar-refractivity contribution in [3.05, 3.63) is 24.3 Å². The number of methoxy groups -OCH3 is 1. The number of hydrogen-bond acceptors (Lipinski definition) is 4. The van der Waals surface area contributed by atoms with E-state index in [-0.39, 0.29) is 12.2 Å². The Labute approximate surface area is 104 Å². The molecule has 0 saturated carbocycles. The van der Waals surface area contributed by atoms with Crippen molar-refractivity contribution in [2.75, 3.05) is 12.4 Å². The van der Waals surface area contributed by atoms with Crippen LogP contribution in [-0.4, -0.2) is 24.8 Å². The second-order valence-corrected chi connectivity index (χ2v) is 3.61. The number of amides is 3. The first kappa shape index (κ1) is 13.7. The predicted molar refractivity (Wildman–Crippen MR) is 65.5 cm³/mol. The minimum atomic E-state index is -0.675. The summed E-state index contributed by atoms with van der Waals surface area (Å²) < 4.78 is 4.96. The number of imide groups is 1. The number of carbonyl (C=O) groups excluding carboxylic acids is 3. The number of urea groups is 1. The molecule has 96 valence electrons. The summed E-state index contributed by atoms with van der Waals surface area (Å²) >= 11 is 0. The van der Waals surface area contributed by atoms with Gasteiger partial charge in [0.25, 0.3) is 0 Å². The van der Waals surface area contributed by atoms with Crippen LogP contribution in [0.25, 0.3) is 0 Å². The standard InChI is InChI=1S/C12H14N2O4/c1-8(15)7-11(16)14-12(17)13-9-3-5-10(18-2)6-4-9/h3-6H,7H2,1-2H3,(H2,13,14,16,17). The summed E-state index contributed by atoms with van der Waals surface area (Å²) in [6.07, 6.45) is -0.309. The largest absolute Gasteiger partial charge is 0.497 e. The molecule has 2 N–H and O–H groups in total. The fourth-order valence-electron chi connectivity index (χ4n) is 1.23. The van der Waals surface area contributed by atoms with Gasteiger partial charge in [0.15, 0.2) is 0 Å². The van der Waals surface area contributed by atoms with Crippen LogP contribution in [0.2, 0.25) is 0 Å². The number of rotatable bonds is 4. The molecule has 0 heterocycles. The van der Waals surface area contributed by atoms with Gasteiger partial charge in [0.2, 0.25) is 5.91 Å². The van der Waals surface area contributed by atoms with E-state index in [9.17, 15) is 14.4 Å². The van der Waals surface area contributed by atoms with Gasteiger partial charge in [0, 0.05) is 5.69 Å². The average Bonchev–Trinajstić information content (AvgIpc) is 2.28. The highest BCUT2D eigenvalue weighted by molar-refractivity contribution is 6.06. The monoisotopic (exact) mass is 250 g/mol. The molecule has 0 aliphatic carbocycles. The highest BCUT2D eigenvalue weighted by Gasteiger charge is 2.09. The zero-order chi connectivity index (χ0) is 13.5. The summed E-state index contributed by atoms with van der Waals surface area (Å²) in [6, 6.07) is 5.94. The highest BCUT2D eigenvalue weighted by atomic mass is 16.5. The lowest BCUT2D eigenvalue weighted by atomic mass is 10.3. The Kier molecular flexibility index (Phi) is 4.86. The van der Waals surface area contributed by atoms with Gasteiger partial charge in [-0.1, -0.05) is 0 Å². The number of hydrogen-bond donors (Lipinski definition) is 2. The second kappa shape index (κ2) is 6.39. The van der Waals surface area contributed by atoms with Gasteiger partial charge in [-0.3, -0.25) is 14.9 Å². The van der Waals surface area contributed by atoms with Gasteiger partial charge in [-0.25, -0.2) is 4.79 Å². The van der Waals surface area contributed by atoms with Crippen molar-refractivity contribution >= 4 is 23.4 Å². The van der Waals surface area contributed by atoms with Gasteiger partial charge in [0.05, 0.1) is 13.5 Å². The summed E-state index contributed by atoms with van der Waals surface area (Å²) in [5.41, 5.74) is 0.518. The van der Waals surface area contributed by atoms with Crippen LogP contribution >= 0.6 is 0 Å². The SMILES string of the molecule is COc1ccc(NC(=O)NC(=O)CC(C)=O)cc1. The van der Waals surface area contributed by atoms with E-state index in [0.717, 1.165) is 0 Å². The number of anilines is 1. The molecule has 0 aliphatic rings. The lowest BCUT2D eigenvalue weighted by Gasteiger charge is -2.06. The summed E-state index contributed by atoms with van der Waals surface area (Å²) in [5.74, 6) is -0.271. The van der Waals surface area contributed by atoms with Gasteiger partial charge in [-0.15, -0.1) is 0 Å². The molecule has 0 radical (unpaired) electrons. The van der Waals surface area contributed by atoms with Crippen LogP contribution < -0.4 is 15.4 Å². The first-order valence-corrected chi connectivity index (χ1v) is 5.25. The average molecular weight is 250 g/mol. The molecular weight excluding hydrogens is 236 g/mol. The molecule has 6 nitrogen and oxygen atoms in total. The molecule has 3 amide bonds. The van der Waals surface area contributed by atoms with Crippen LogP contribution in [0.3, 0.4) is 0 Å². The molecule has 1 aromatic carbocycles. The molecule has 0 fully saturated rings. The third kappa shape index (κ3) is 4.65. The van der Waals surface area contributed by atoms with Crippen molar-refractivity contribution in [1.82, 2.24) is 5.32 Å². The third-order valence-electron chi connectivity index (χ3n) is 2.01. The van der Waals surface area contributed by atoms with E-state index in [0.29, 0.717) is 11.4 Å².